The summed E-state index contributed by atoms with van der Waals surface area (Å²) in [4.78, 5) is 22.1. The van der Waals surface area contributed by atoms with Crippen molar-refractivity contribution >= 4 is 11.8 Å². The number of nitrogens with two attached hydrogens (primary N) is 2. The first kappa shape index (κ1) is 13.3. The molecule has 2 atom stereocenters. The second-order valence-corrected chi connectivity index (χ2v) is 4.00. The van der Waals surface area contributed by atoms with Gasteiger partial charge in [0.25, 0.3) is 0 Å². The molecule has 92 valence electrons. The molecule has 0 aliphatic heterocycles. The van der Waals surface area contributed by atoms with E-state index in [0.717, 1.165) is 5.56 Å². The molecule has 0 spiro atoms. The van der Waals surface area contributed by atoms with E-state index in [-0.39, 0.29) is 12.2 Å². The van der Waals surface area contributed by atoms with Gasteiger partial charge in [-0.25, -0.2) is 0 Å². The Hall–Kier alpha value is -1.72. The molecule has 1 aromatic carbocycles. The number of rotatable bonds is 5. The Morgan fingerprint density at radius 3 is 2.18 bits per heavy atom. The fraction of sp³-hybridized carbons (Fsp3) is 0.333. The molecule has 0 amide bonds. The van der Waals surface area contributed by atoms with E-state index >= 15 is 0 Å². The molecule has 0 bridgehead atoms. The number of aliphatic carboxylic acids is 1. The Balaban J connectivity index is 2.75. The maximum atomic E-state index is 11.5. The highest BCUT2D eigenvalue weighted by Crippen LogP contribution is 2.08. The van der Waals surface area contributed by atoms with Gasteiger partial charge in [-0.05, 0) is 18.9 Å². The average molecular weight is 236 g/mol. The molecule has 0 heterocycles. The lowest BCUT2D eigenvalue weighted by atomic mass is 10.0. The highest BCUT2D eigenvalue weighted by Gasteiger charge is 2.13. The molecular formula is C12H16N2O3. The SMILES string of the molecule is C[C@H](N)C(=O)c1ccc(C[C@H](N)C(=O)O)cc1. The molecule has 0 aliphatic rings. The van der Waals surface area contributed by atoms with Gasteiger partial charge in [0.1, 0.15) is 6.04 Å². The van der Waals surface area contributed by atoms with Crippen molar-refractivity contribution < 1.29 is 14.7 Å². The van der Waals surface area contributed by atoms with E-state index in [2.05, 4.69) is 0 Å². The van der Waals surface area contributed by atoms with E-state index in [1.807, 2.05) is 0 Å². The van der Waals surface area contributed by atoms with E-state index in [9.17, 15) is 9.59 Å². The summed E-state index contributed by atoms with van der Waals surface area (Å²) >= 11 is 0. The summed E-state index contributed by atoms with van der Waals surface area (Å²) < 4.78 is 0. The Labute approximate surface area is 99.4 Å². The van der Waals surface area contributed by atoms with Crippen LogP contribution in [0.3, 0.4) is 0 Å². The van der Waals surface area contributed by atoms with Crippen molar-refractivity contribution in [3.63, 3.8) is 0 Å². The number of carboxylic acid groups (broad SMARTS) is 1. The maximum Gasteiger partial charge on any atom is 0.320 e. The molecule has 1 aromatic rings. The summed E-state index contributed by atoms with van der Waals surface area (Å²) in [6, 6.07) is 5.19. The molecule has 5 heteroatoms. The van der Waals surface area contributed by atoms with Crippen molar-refractivity contribution in [1.29, 1.82) is 0 Å². The third kappa shape index (κ3) is 3.65. The Kier molecular flexibility index (Phi) is 4.37. The standard InChI is InChI=1S/C12H16N2O3/c1-7(13)11(15)9-4-2-8(3-5-9)6-10(14)12(16)17/h2-5,7,10H,6,13-14H2,1H3,(H,16,17)/t7-,10-/m0/s1. The van der Waals surface area contributed by atoms with Crippen molar-refractivity contribution in [2.45, 2.75) is 25.4 Å². The molecule has 0 aromatic heterocycles. The van der Waals surface area contributed by atoms with E-state index in [4.69, 9.17) is 16.6 Å². The summed E-state index contributed by atoms with van der Waals surface area (Å²) in [5.74, 6) is -1.18. The molecule has 5 N–H and O–H groups in total. The number of carbonyl (C=O) groups excluding carboxylic acids is 1. The minimum absolute atomic E-state index is 0.140. The van der Waals surface area contributed by atoms with Gasteiger partial charge in [-0.2, -0.15) is 0 Å². The van der Waals surface area contributed by atoms with Crippen LogP contribution in [0.2, 0.25) is 0 Å². The minimum atomic E-state index is -1.04. The molecule has 0 radical (unpaired) electrons. The van der Waals surface area contributed by atoms with Crippen molar-refractivity contribution in [3.05, 3.63) is 35.4 Å². The van der Waals surface area contributed by atoms with Crippen LogP contribution in [0.15, 0.2) is 24.3 Å². The quantitative estimate of drug-likeness (QED) is 0.632. The van der Waals surface area contributed by atoms with E-state index < -0.39 is 18.1 Å². The van der Waals surface area contributed by atoms with Gasteiger partial charge in [-0.3, -0.25) is 9.59 Å². The maximum absolute atomic E-state index is 11.5. The lowest BCUT2D eigenvalue weighted by Crippen LogP contribution is -2.32. The zero-order valence-electron chi connectivity index (χ0n) is 9.59. The number of hydrogen-bond acceptors (Lipinski definition) is 4. The van der Waals surface area contributed by atoms with Crippen LogP contribution in [-0.4, -0.2) is 28.9 Å². The number of hydrogen-bond donors (Lipinski definition) is 3. The first-order valence-corrected chi connectivity index (χ1v) is 5.29. The van der Waals surface area contributed by atoms with Crippen LogP contribution in [-0.2, 0) is 11.2 Å². The molecule has 0 unspecified atom stereocenters. The van der Waals surface area contributed by atoms with Gasteiger partial charge in [-0.1, -0.05) is 24.3 Å². The van der Waals surface area contributed by atoms with Crippen LogP contribution in [0.25, 0.3) is 0 Å². The molecule has 17 heavy (non-hydrogen) atoms. The van der Waals surface area contributed by atoms with Crippen molar-refractivity contribution in [1.82, 2.24) is 0 Å². The topological polar surface area (TPSA) is 106 Å². The fourth-order valence-electron chi connectivity index (χ4n) is 1.41. The van der Waals surface area contributed by atoms with Crippen LogP contribution in [0.1, 0.15) is 22.8 Å². The van der Waals surface area contributed by atoms with Crippen LogP contribution < -0.4 is 11.5 Å². The lowest BCUT2D eigenvalue weighted by molar-refractivity contribution is -0.138. The zero-order valence-corrected chi connectivity index (χ0v) is 9.59. The van der Waals surface area contributed by atoms with Crippen LogP contribution >= 0.6 is 0 Å². The largest absolute Gasteiger partial charge is 0.480 e. The van der Waals surface area contributed by atoms with Gasteiger partial charge < -0.3 is 16.6 Å². The van der Waals surface area contributed by atoms with E-state index in [1.165, 1.54) is 0 Å². The number of carbonyl (C=O) groups is 2. The zero-order chi connectivity index (χ0) is 13.0. The molecular weight excluding hydrogens is 220 g/mol. The summed E-state index contributed by atoms with van der Waals surface area (Å²) in [6.45, 7) is 1.62. The highest BCUT2D eigenvalue weighted by atomic mass is 16.4. The van der Waals surface area contributed by atoms with Crippen LogP contribution in [0.4, 0.5) is 0 Å². The van der Waals surface area contributed by atoms with Crippen molar-refractivity contribution in [2.24, 2.45) is 11.5 Å². The van der Waals surface area contributed by atoms with Gasteiger partial charge >= 0.3 is 5.97 Å². The summed E-state index contributed by atoms with van der Waals surface area (Å²) in [5.41, 5.74) is 12.2. The minimum Gasteiger partial charge on any atom is -0.480 e. The third-order valence-corrected chi connectivity index (χ3v) is 2.42. The molecule has 0 saturated carbocycles. The second-order valence-electron chi connectivity index (χ2n) is 4.00. The van der Waals surface area contributed by atoms with Crippen LogP contribution in [0.5, 0.6) is 0 Å². The van der Waals surface area contributed by atoms with Gasteiger partial charge in [-0.15, -0.1) is 0 Å². The van der Waals surface area contributed by atoms with Gasteiger partial charge in [0.15, 0.2) is 5.78 Å². The summed E-state index contributed by atoms with van der Waals surface area (Å²) in [5, 5.41) is 8.66. The van der Waals surface area contributed by atoms with Gasteiger partial charge in [0.05, 0.1) is 6.04 Å². The van der Waals surface area contributed by atoms with E-state index in [1.54, 1.807) is 31.2 Å². The third-order valence-electron chi connectivity index (χ3n) is 2.42. The average Bonchev–Trinajstić information content (AvgIpc) is 2.28. The lowest BCUT2D eigenvalue weighted by Gasteiger charge is -2.08. The van der Waals surface area contributed by atoms with E-state index in [0.29, 0.717) is 5.56 Å². The molecule has 0 saturated heterocycles. The Bertz CT molecular complexity index is 412. The van der Waals surface area contributed by atoms with Crippen molar-refractivity contribution in [3.8, 4) is 0 Å². The fourth-order valence-corrected chi connectivity index (χ4v) is 1.41. The second kappa shape index (κ2) is 5.56. The molecule has 0 aliphatic carbocycles. The number of Topliss-reactive ketones (excluding diaryl/α,β-unsaturated/α-hetero) is 1. The van der Waals surface area contributed by atoms with Gasteiger partial charge in [0, 0.05) is 5.56 Å². The van der Waals surface area contributed by atoms with Crippen molar-refractivity contribution in [2.75, 3.05) is 0 Å². The predicted octanol–water partition coefficient (Wildman–Crippen LogP) is 0.171. The summed E-state index contributed by atoms with van der Waals surface area (Å²) in [6.07, 6.45) is 0.238. The molecule has 5 nitrogen and oxygen atoms in total. The molecule has 0 fully saturated rings. The van der Waals surface area contributed by atoms with Crippen LogP contribution in [0, 0.1) is 0 Å². The first-order chi connectivity index (χ1) is 7.91. The molecule has 1 rings (SSSR count). The Morgan fingerprint density at radius 2 is 1.76 bits per heavy atom. The first-order valence-electron chi connectivity index (χ1n) is 5.29. The summed E-state index contributed by atoms with van der Waals surface area (Å²) in [7, 11) is 0. The number of benzene rings is 1. The van der Waals surface area contributed by atoms with Gasteiger partial charge in [0.2, 0.25) is 0 Å². The normalized spacial score (nSPS) is 14.1. The number of carboxylic acids is 1. The smallest absolute Gasteiger partial charge is 0.320 e. The Morgan fingerprint density at radius 1 is 1.24 bits per heavy atom. The highest BCUT2D eigenvalue weighted by molar-refractivity contribution is 5.99. The predicted molar refractivity (Wildman–Crippen MR) is 63.7 cm³/mol. The monoisotopic (exact) mass is 236 g/mol. The number of ketones is 1.